The molecular weight excluding hydrogens is 1090 g/mol. The maximum Gasteiger partial charge on any atom is 0.160 e. The van der Waals surface area contributed by atoms with E-state index in [4.69, 9.17) is 9.97 Å². The van der Waals surface area contributed by atoms with E-state index in [9.17, 15) is 0 Å². The number of rotatable bonds is 8. The van der Waals surface area contributed by atoms with E-state index < -0.39 is 0 Å². The number of hydrogen-bond donors (Lipinski definition) is 0. The predicted molar refractivity (Wildman–Crippen MR) is 376 cm³/mol. The van der Waals surface area contributed by atoms with Crippen molar-refractivity contribution in [1.29, 1.82) is 0 Å². The van der Waals surface area contributed by atoms with Crippen LogP contribution in [-0.4, -0.2) is 28.2 Å². The molecule has 6 nitrogen and oxygen atoms in total. The summed E-state index contributed by atoms with van der Waals surface area (Å²) >= 11 is 0. The average molecular weight is 1150 g/mol. The molecule has 90 heavy (non-hydrogen) atoms. The minimum Gasteiger partial charge on any atom is -0.309 e. The number of hydrogen-bond acceptors (Lipinski definition) is 2. The molecule has 0 aliphatic rings. The molecule has 19 aromatic rings. The van der Waals surface area contributed by atoms with Crippen LogP contribution in [-0.2, 0) is 0 Å². The normalized spacial score (nSPS) is 12.0. The Labute approximate surface area is 517 Å². The molecule has 0 fully saturated rings. The Morgan fingerprint density at radius 3 is 1.00 bits per heavy atom. The average Bonchev–Trinajstić information content (AvgIpc) is 2.16. The van der Waals surface area contributed by atoms with Gasteiger partial charge in [0.2, 0.25) is 0 Å². The fraction of sp³-hybridized carbons (Fsp3) is 0. The fourth-order valence-corrected chi connectivity index (χ4v) is 14.6. The summed E-state index contributed by atoms with van der Waals surface area (Å²) in [4.78, 5) is 11.0. The summed E-state index contributed by atoms with van der Waals surface area (Å²) in [5, 5.41) is 13.0. The lowest BCUT2D eigenvalue weighted by molar-refractivity contribution is 1.17. The van der Waals surface area contributed by atoms with Gasteiger partial charge in [-0.2, -0.15) is 0 Å². The molecule has 0 amide bonds. The SMILES string of the molecule is c1ccc(-n2c3ccccc3c3cc(-c4ccc5c(c4)c4ccccc4n5-c4ccc(-c5nc(-c6cccc(-n7c8ccccc8c8cc(-c9ccc%10c(c9)c9ccccc9n%10-c9ccccc9)ccc87)c6)nc6c5ccc5ccccc56)cc4)ccc32)cc1. The number of nitrogens with zero attached hydrogens (tertiary/aromatic N) is 6. The van der Waals surface area contributed by atoms with E-state index in [-0.39, 0.29) is 0 Å². The molecule has 0 aliphatic carbocycles. The first kappa shape index (κ1) is 50.1. The van der Waals surface area contributed by atoms with Crippen LogP contribution < -0.4 is 0 Å². The minimum atomic E-state index is 0.672. The zero-order valence-electron chi connectivity index (χ0n) is 48.7. The molecule has 0 saturated heterocycles. The molecule has 0 saturated carbocycles. The number of para-hydroxylation sites is 6. The number of benzene rings is 14. The second-order valence-corrected chi connectivity index (χ2v) is 23.7. The highest BCUT2D eigenvalue weighted by Gasteiger charge is 2.21. The van der Waals surface area contributed by atoms with Crippen molar-refractivity contribution < 1.29 is 0 Å². The van der Waals surface area contributed by atoms with Crippen LogP contribution >= 0.6 is 0 Å². The highest BCUT2D eigenvalue weighted by molar-refractivity contribution is 6.16. The maximum absolute atomic E-state index is 5.55. The van der Waals surface area contributed by atoms with E-state index in [0.29, 0.717) is 5.82 Å². The summed E-state index contributed by atoms with van der Waals surface area (Å²) in [7, 11) is 0. The quantitative estimate of drug-likeness (QED) is 0.142. The van der Waals surface area contributed by atoms with Gasteiger partial charge in [0, 0.05) is 87.7 Å². The van der Waals surface area contributed by atoms with Gasteiger partial charge in [-0.3, -0.25) is 0 Å². The van der Waals surface area contributed by atoms with Crippen molar-refractivity contribution in [2.45, 2.75) is 0 Å². The van der Waals surface area contributed by atoms with Gasteiger partial charge < -0.3 is 18.3 Å². The summed E-state index contributed by atoms with van der Waals surface area (Å²) in [6, 6.07) is 115. The summed E-state index contributed by atoms with van der Waals surface area (Å²) in [6.07, 6.45) is 0. The van der Waals surface area contributed by atoms with Crippen LogP contribution in [0.1, 0.15) is 0 Å². The van der Waals surface area contributed by atoms with Gasteiger partial charge in [-0.1, -0.05) is 188 Å². The lowest BCUT2D eigenvalue weighted by atomic mass is 10.0. The van der Waals surface area contributed by atoms with Gasteiger partial charge in [-0.05, 0) is 155 Å². The third-order valence-corrected chi connectivity index (χ3v) is 18.7. The summed E-state index contributed by atoms with van der Waals surface area (Å²) in [5.74, 6) is 0.672. The summed E-state index contributed by atoms with van der Waals surface area (Å²) < 4.78 is 9.55. The monoisotopic (exact) mass is 1140 g/mol. The molecule has 5 heterocycles. The molecule has 0 spiro atoms. The first-order valence-electron chi connectivity index (χ1n) is 30.8. The Bertz CT molecular complexity index is 6140. The molecule has 5 aromatic heterocycles. The number of fused-ring (bicyclic) bond motifs is 15. The van der Waals surface area contributed by atoms with Gasteiger partial charge in [0.1, 0.15) is 0 Å². The first-order valence-corrected chi connectivity index (χ1v) is 30.8. The van der Waals surface area contributed by atoms with Gasteiger partial charge in [-0.15, -0.1) is 0 Å². The Kier molecular flexibility index (Phi) is 11.0. The first-order chi connectivity index (χ1) is 44.6. The van der Waals surface area contributed by atoms with Gasteiger partial charge in [0.25, 0.3) is 0 Å². The molecule has 0 N–H and O–H groups in total. The lowest BCUT2D eigenvalue weighted by Gasteiger charge is -2.14. The van der Waals surface area contributed by atoms with Crippen LogP contribution in [0.3, 0.4) is 0 Å². The van der Waals surface area contributed by atoms with Crippen LogP contribution in [0.4, 0.5) is 0 Å². The van der Waals surface area contributed by atoms with Gasteiger partial charge in [-0.25, -0.2) is 9.97 Å². The molecule has 0 radical (unpaired) electrons. The predicted octanol–water partition coefficient (Wildman–Crippen LogP) is 21.8. The van der Waals surface area contributed by atoms with Crippen LogP contribution in [0.15, 0.2) is 315 Å². The fourth-order valence-electron chi connectivity index (χ4n) is 14.6. The molecule has 0 atom stereocenters. The Morgan fingerprint density at radius 1 is 0.189 bits per heavy atom. The van der Waals surface area contributed by atoms with Crippen molar-refractivity contribution in [2.24, 2.45) is 0 Å². The third-order valence-electron chi connectivity index (χ3n) is 18.7. The standard InChI is InChI=1S/C84H52N6/c1-3-20-60(21-4-1)87-74-30-13-9-26-65(74)70-49-55(37-44-78(70)87)57-39-46-80-72(51-57)67-28-11-15-32-76(67)89(80)62-41-34-54(35-42-62)82-69-43-36-53-18-7-8-25-64(53)83(69)86-84(85-82)59-19-17-24-63(48-59)90-77-33-16-12-29-68(77)73-52-58(40-47-81(73)90)56-38-45-79-71(50-56)66-27-10-14-31-75(66)88(79)61-22-5-2-6-23-61/h1-52H. The molecule has 14 aromatic carbocycles. The second kappa shape index (κ2) is 19.7. The Balaban J connectivity index is 0.700. The molecular formula is C84H52N6. The second-order valence-electron chi connectivity index (χ2n) is 23.7. The van der Waals surface area contributed by atoms with E-state index in [1.165, 1.54) is 87.4 Å². The smallest absolute Gasteiger partial charge is 0.160 e. The zero-order chi connectivity index (χ0) is 59.0. The van der Waals surface area contributed by atoms with E-state index in [1.807, 2.05) is 0 Å². The van der Waals surface area contributed by atoms with Gasteiger partial charge in [0.15, 0.2) is 5.82 Å². The molecule has 0 unspecified atom stereocenters. The van der Waals surface area contributed by atoms with E-state index in [1.54, 1.807) is 0 Å². The highest BCUT2D eigenvalue weighted by atomic mass is 15.0. The van der Waals surface area contributed by atoms with Gasteiger partial charge >= 0.3 is 0 Å². The highest BCUT2D eigenvalue weighted by Crippen LogP contribution is 2.43. The van der Waals surface area contributed by atoms with Crippen molar-refractivity contribution in [2.75, 3.05) is 0 Å². The molecule has 418 valence electrons. The van der Waals surface area contributed by atoms with Crippen LogP contribution in [0.2, 0.25) is 0 Å². The van der Waals surface area contributed by atoms with Crippen molar-refractivity contribution in [3.8, 4) is 67.6 Å². The van der Waals surface area contributed by atoms with Crippen molar-refractivity contribution >= 4 is 109 Å². The van der Waals surface area contributed by atoms with E-state index >= 15 is 0 Å². The topological polar surface area (TPSA) is 45.5 Å². The molecule has 0 aliphatic heterocycles. The van der Waals surface area contributed by atoms with Crippen LogP contribution in [0.25, 0.3) is 177 Å². The Hall–Kier alpha value is -12.1. The van der Waals surface area contributed by atoms with Crippen molar-refractivity contribution in [3.63, 3.8) is 0 Å². The van der Waals surface area contributed by atoms with Crippen molar-refractivity contribution in [1.82, 2.24) is 28.2 Å². The van der Waals surface area contributed by atoms with Gasteiger partial charge in [0.05, 0.1) is 55.3 Å². The largest absolute Gasteiger partial charge is 0.309 e. The summed E-state index contributed by atoms with van der Waals surface area (Å²) in [5.41, 5.74) is 22.3. The van der Waals surface area contributed by atoms with E-state index in [0.717, 1.165) is 83.3 Å². The molecule has 0 bridgehead atoms. The third kappa shape index (κ3) is 7.65. The molecule has 19 rings (SSSR count). The minimum absolute atomic E-state index is 0.672. The number of aromatic nitrogens is 6. The van der Waals surface area contributed by atoms with Crippen LogP contribution in [0.5, 0.6) is 0 Å². The van der Waals surface area contributed by atoms with E-state index in [2.05, 4.69) is 334 Å². The van der Waals surface area contributed by atoms with Crippen molar-refractivity contribution in [3.05, 3.63) is 315 Å². The lowest BCUT2D eigenvalue weighted by Crippen LogP contribution is -1.99. The maximum atomic E-state index is 5.55. The van der Waals surface area contributed by atoms with Crippen LogP contribution in [0, 0.1) is 0 Å². The Morgan fingerprint density at radius 2 is 0.544 bits per heavy atom. The zero-order valence-corrected chi connectivity index (χ0v) is 48.7. The molecule has 6 heteroatoms. The summed E-state index contributed by atoms with van der Waals surface area (Å²) in [6.45, 7) is 0.